The third-order valence-corrected chi connectivity index (χ3v) is 4.50. The first-order chi connectivity index (χ1) is 13.6. The van der Waals surface area contributed by atoms with E-state index in [1.54, 1.807) is 0 Å². The lowest BCUT2D eigenvalue weighted by Crippen LogP contribution is -2.25. The van der Waals surface area contributed by atoms with Gasteiger partial charge in [-0.15, -0.1) is 0 Å². The van der Waals surface area contributed by atoms with Gasteiger partial charge in [-0.05, 0) is 56.2 Å². The molecule has 0 bridgehead atoms. The van der Waals surface area contributed by atoms with Crippen molar-refractivity contribution in [3.05, 3.63) is 101 Å². The van der Waals surface area contributed by atoms with E-state index in [0.717, 1.165) is 11.1 Å². The van der Waals surface area contributed by atoms with E-state index < -0.39 is 0 Å². The highest BCUT2D eigenvalue weighted by Crippen LogP contribution is 2.26. The molecule has 0 amide bonds. The van der Waals surface area contributed by atoms with Crippen LogP contribution in [0.2, 0.25) is 0 Å². The predicted octanol–water partition coefficient (Wildman–Crippen LogP) is 5.52. The van der Waals surface area contributed by atoms with Crippen molar-refractivity contribution in [3.8, 4) is 23.7 Å². The molecule has 0 radical (unpaired) electrons. The van der Waals surface area contributed by atoms with Gasteiger partial charge < -0.3 is 4.90 Å². The maximum absolute atomic E-state index is 3.33. The Morgan fingerprint density at radius 1 is 0.643 bits per heavy atom. The van der Waals surface area contributed by atoms with Crippen LogP contribution >= 0.6 is 0 Å². The SMILES string of the molecule is Cc1cc(C)c(N(CC#Cc2ccccc2)CC#Cc2ccccc2)c(C)c1. The van der Waals surface area contributed by atoms with Crippen molar-refractivity contribution in [2.75, 3.05) is 18.0 Å². The van der Waals surface area contributed by atoms with Crippen LogP contribution in [0.25, 0.3) is 0 Å². The third kappa shape index (κ3) is 5.29. The van der Waals surface area contributed by atoms with Crippen molar-refractivity contribution >= 4 is 5.69 Å². The molecule has 0 aliphatic carbocycles. The van der Waals surface area contributed by atoms with E-state index in [9.17, 15) is 0 Å². The maximum atomic E-state index is 3.33. The van der Waals surface area contributed by atoms with Crippen molar-refractivity contribution in [1.82, 2.24) is 0 Å². The van der Waals surface area contributed by atoms with E-state index in [-0.39, 0.29) is 0 Å². The molecule has 0 spiro atoms. The first-order valence-electron chi connectivity index (χ1n) is 9.54. The summed E-state index contributed by atoms with van der Waals surface area (Å²) in [6.07, 6.45) is 0. The van der Waals surface area contributed by atoms with Gasteiger partial charge in [0.2, 0.25) is 0 Å². The van der Waals surface area contributed by atoms with Gasteiger partial charge in [-0.1, -0.05) is 77.8 Å². The molecular formula is C27H25N. The average molecular weight is 364 g/mol. The standard InChI is InChI=1S/C27H25N/c1-22-20-23(2)27(24(3)21-22)28(18-10-16-25-12-6-4-7-13-25)19-11-17-26-14-8-5-9-15-26/h4-9,12-15,20-21H,18-19H2,1-3H3. The molecule has 28 heavy (non-hydrogen) atoms. The molecular weight excluding hydrogens is 338 g/mol. The molecule has 3 aromatic rings. The van der Waals surface area contributed by atoms with Gasteiger partial charge in [-0.2, -0.15) is 0 Å². The number of benzene rings is 3. The summed E-state index contributed by atoms with van der Waals surface area (Å²) in [5.74, 6) is 13.2. The molecule has 3 aromatic carbocycles. The molecule has 3 rings (SSSR count). The summed E-state index contributed by atoms with van der Waals surface area (Å²) in [6.45, 7) is 7.75. The smallest absolute Gasteiger partial charge is 0.0808 e. The molecule has 1 nitrogen and oxygen atoms in total. The fraction of sp³-hybridized carbons (Fsp3) is 0.185. The van der Waals surface area contributed by atoms with Crippen molar-refractivity contribution in [2.24, 2.45) is 0 Å². The summed E-state index contributed by atoms with van der Waals surface area (Å²) in [4.78, 5) is 2.27. The van der Waals surface area contributed by atoms with Crippen LogP contribution in [0.4, 0.5) is 5.69 Å². The fourth-order valence-corrected chi connectivity index (χ4v) is 3.40. The van der Waals surface area contributed by atoms with Gasteiger partial charge >= 0.3 is 0 Å². The molecule has 0 fully saturated rings. The number of aryl methyl sites for hydroxylation is 3. The summed E-state index contributed by atoms with van der Waals surface area (Å²) >= 11 is 0. The summed E-state index contributed by atoms with van der Waals surface area (Å²) in [5, 5.41) is 0. The Labute approximate surface area is 169 Å². The molecule has 1 heteroatoms. The van der Waals surface area contributed by atoms with Gasteiger partial charge in [0.15, 0.2) is 0 Å². The molecule has 0 aliphatic heterocycles. The summed E-state index contributed by atoms with van der Waals surface area (Å²) in [7, 11) is 0. The largest absolute Gasteiger partial charge is 0.349 e. The topological polar surface area (TPSA) is 3.24 Å². The Kier molecular flexibility index (Phi) is 6.56. The number of nitrogens with zero attached hydrogens (tertiary/aromatic N) is 1. The van der Waals surface area contributed by atoms with Gasteiger partial charge in [0.25, 0.3) is 0 Å². The van der Waals surface area contributed by atoms with Crippen LogP contribution in [-0.4, -0.2) is 13.1 Å². The lowest BCUT2D eigenvalue weighted by molar-refractivity contribution is 0.966. The van der Waals surface area contributed by atoms with Crippen LogP contribution in [0.3, 0.4) is 0 Å². The lowest BCUT2D eigenvalue weighted by atomic mass is 10.0. The van der Waals surface area contributed by atoms with E-state index in [4.69, 9.17) is 0 Å². The van der Waals surface area contributed by atoms with Crippen LogP contribution < -0.4 is 4.90 Å². The minimum absolute atomic E-state index is 0.642. The molecule has 0 saturated carbocycles. The highest BCUT2D eigenvalue weighted by molar-refractivity contribution is 5.62. The van der Waals surface area contributed by atoms with Gasteiger partial charge in [0.05, 0.1) is 13.1 Å². The van der Waals surface area contributed by atoms with Crippen LogP contribution in [0, 0.1) is 44.5 Å². The number of anilines is 1. The molecule has 138 valence electrons. The van der Waals surface area contributed by atoms with E-state index in [1.807, 2.05) is 60.7 Å². The zero-order chi connectivity index (χ0) is 19.8. The second-order valence-corrected chi connectivity index (χ2v) is 6.94. The highest BCUT2D eigenvalue weighted by atomic mass is 15.1. The van der Waals surface area contributed by atoms with Crippen LogP contribution in [0.5, 0.6) is 0 Å². The van der Waals surface area contributed by atoms with Gasteiger partial charge in [-0.25, -0.2) is 0 Å². The normalized spacial score (nSPS) is 9.68. The van der Waals surface area contributed by atoms with Crippen molar-refractivity contribution in [2.45, 2.75) is 20.8 Å². The van der Waals surface area contributed by atoms with Crippen molar-refractivity contribution < 1.29 is 0 Å². The third-order valence-electron chi connectivity index (χ3n) is 4.50. The number of hydrogen-bond donors (Lipinski definition) is 0. The molecule has 0 heterocycles. The van der Waals surface area contributed by atoms with E-state index in [1.165, 1.54) is 22.4 Å². The predicted molar refractivity (Wildman–Crippen MR) is 120 cm³/mol. The number of hydrogen-bond acceptors (Lipinski definition) is 1. The van der Waals surface area contributed by atoms with Crippen LogP contribution in [0.15, 0.2) is 72.8 Å². The quantitative estimate of drug-likeness (QED) is 0.554. The van der Waals surface area contributed by atoms with E-state index in [2.05, 4.69) is 61.5 Å². The second-order valence-electron chi connectivity index (χ2n) is 6.94. The molecule has 0 aromatic heterocycles. The van der Waals surface area contributed by atoms with E-state index >= 15 is 0 Å². The molecule has 0 aliphatic rings. The second kappa shape index (κ2) is 9.50. The van der Waals surface area contributed by atoms with Gasteiger partial charge in [0, 0.05) is 16.8 Å². The van der Waals surface area contributed by atoms with Gasteiger partial charge in [0.1, 0.15) is 0 Å². The zero-order valence-electron chi connectivity index (χ0n) is 16.8. The Bertz CT molecular complexity index is 959. The summed E-state index contributed by atoms with van der Waals surface area (Å²) in [5.41, 5.74) is 7.12. The Morgan fingerprint density at radius 2 is 1.07 bits per heavy atom. The Morgan fingerprint density at radius 3 is 1.50 bits per heavy atom. The van der Waals surface area contributed by atoms with Crippen LogP contribution in [-0.2, 0) is 0 Å². The Hall–Kier alpha value is -3.42. The molecule has 0 atom stereocenters. The van der Waals surface area contributed by atoms with Gasteiger partial charge in [-0.3, -0.25) is 0 Å². The lowest BCUT2D eigenvalue weighted by Gasteiger charge is -2.24. The zero-order valence-corrected chi connectivity index (χ0v) is 16.8. The minimum Gasteiger partial charge on any atom is -0.349 e. The average Bonchev–Trinajstić information content (AvgIpc) is 2.68. The molecule has 0 N–H and O–H groups in total. The summed E-state index contributed by atoms with van der Waals surface area (Å²) in [6, 6.07) is 24.7. The maximum Gasteiger partial charge on any atom is 0.0808 e. The fourth-order valence-electron chi connectivity index (χ4n) is 3.40. The molecule has 0 unspecified atom stereocenters. The minimum atomic E-state index is 0.642. The van der Waals surface area contributed by atoms with Crippen molar-refractivity contribution in [1.29, 1.82) is 0 Å². The van der Waals surface area contributed by atoms with Crippen molar-refractivity contribution in [3.63, 3.8) is 0 Å². The highest BCUT2D eigenvalue weighted by Gasteiger charge is 2.11. The van der Waals surface area contributed by atoms with E-state index in [0.29, 0.717) is 13.1 Å². The van der Waals surface area contributed by atoms with Crippen LogP contribution in [0.1, 0.15) is 27.8 Å². The summed E-state index contributed by atoms with van der Waals surface area (Å²) < 4.78 is 0. The Balaban J connectivity index is 1.86. The monoisotopic (exact) mass is 363 g/mol. The first kappa shape index (κ1) is 19.3. The number of rotatable bonds is 3. The first-order valence-corrected chi connectivity index (χ1v) is 9.54. The molecule has 0 saturated heterocycles.